The zero-order valence-corrected chi connectivity index (χ0v) is 18.8. The molecule has 1 aliphatic heterocycles. The lowest BCUT2D eigenvalue weighted by Crippen LogP contribution is -2.37. The van der Waals surface area contributed by atoms with E-state index in [1.165, 1.54) is 0 Å². The Kier molecular flexibility index (Phi) is 4.96. The van der Waals surface area contributed by atoms with Gasteiger partial charge in [-0.15, -0.1) is 5.10 Å². The molecule has 0 spiro atoms. The third kappa shape index (κ3) is 3.71. The second-order valence-electron chi connectivity index (χ2n) is 9.30. The van der Waals surface area contributed by atoms with E-state index in [1.807, 2.05) is 31.6 Å². The number of aryl methyl sites for hydroxylation is 1. The molecular weight excluding hydrogens is 416 g/mol. The minimum absolute atomic E-state index is 0.183. The summed E-state index contributed by atoms with van der Waals surface area (Å²) >= 11 is 0. The van der Waals surface area contributed by atoms with Crippen molar-refractivity contribution in [3.63, 3.8) is 0 Å². The summed E-state index contributed by atoms with van der Waals surface area (Å²) in [5.41, 5.74) is 4.80. The van der Waals surface area contributed by atoms with Crippen LogP contribution in [0.25, 0.3) is 33.2 Å². The first kappa shape index (κ1) is 20.1. The summed E-state index contributed by atoms with van der Waals surface area (Å²) in [6.07, 6.45) is 9.98. The number of nitrogens with zero attached hydrogens (tertiary/aromatic N) is 6. The first-order valence-corrected chi connectivity index (χ1v) is 11.8. The molecule has 1 amide bonds. The van der Waals surface area contributed by atoms with Crippen LogP contribution in [-0.2, 0) is 11.8 Å². The summed E-state index contributed by atoms with van der Waals surface area (Å²) in [6.45, 7) is 1.88. The minimum Gasteiger partial charge on any atom is -0.351 e. The average molecular weight is 445 g/mol. The molecule has 0 atom stereocenters. The minimum atomic E-state index is 0.183. The number of fused-ring (bicyclic) bond motifs is 2. The summed E-state index contributed by atoms with van der Waals surface area (Å²) in [4.78, 5) is 27.3. The molecule has 1 aliphatic carbocycles. The smallest absolute Gasteiger partial charge is 0.225 e. The van der Waals surface area contributed by atoms with E-state index < -0.39 is 0 Å². The largest absolute Gasteiger partial charge is 0.351 e. The van der Waals surface area contributed by atoms with E-state index in [-0.39, 0.29) is 5.92 Å². The van der Waals surface area contributed by atoms with Crippen molar-refractivity contribution in [2.75, 3.05) is 18.4 Å². The van der Waals surface area contributed by atoms with Gasteiger partial charge < -0.3 is 15.2 Å². The van der Waals surface area contributed by atoms with E-state index in [1.54, 1.807) is 4.68 Å². The monoisotopic (exact) mass is 444 g/mol. The standard InChI is InChI=1S/C24H28N8O/c1-31-21-12-16(6-9-20(21)29-30-31)18-13-25-22-19(18)14-26-24(28-22)27-17-7-4-15(5-8-17)23(33)32-10-2-3-11-32/h6,9,12-15,17H,2-5,7-8,10-11H2,1H3,(H2,25,26,27,28)/t15-,17+. The van der Waals surface area contributed by atoms with E-state index in [9.17, 15) is 4.79 Å². The van der Waals surface area contributed by atoms with Crippen LogP contribution in [0.3, 0.4) is 0 Å². The van der Waals surface area contributed by atoms with Crippen molar-refractivity contribution < 1.29 is 4.79 Å². The van der Waals surface area contributed by atoms with E-state index in [4.69, 9.17) is 4.98 Å². The number of rotatable bonds is 4. The van der Waals surface area contributed by atoms with Gasteiger partial charge in [-0.25, -0.2) is 9.67 Å². The first-order valence-electron chi connectivity index (χ1n) is 11.8. The molecule has 2 aliphatic rings. The summed E-state index contributed by atoms with van der Waals surface area (Å²) in [5, 5.41) is 12.7. The van der Waals surface area contributed by atoms with Gasteiger partial charge in [0.1, 0.15) is 11.2 Å². The molecule has 9 heteroatoms. The van der Waals surface area contributed by atoms with Crippen LogP contribution in [0, 0.1) is 5.92 Å². The van der Waals surface area contributed by atoms with Gasteiger partial charge in [0.15, 0.2) is 0 Å². The number of amides is 1. The predicted molar refractivity (Wildman–Crippen MR) is 127 cm³/mol. The van der Waals surface area contributed by atoms with Crippen LogP contribution in [0.15, 0.2) is 30.6 Å². The lowest BCUT2D eigenvalue weighted by molar-refractivity contribution is -0.135. The van der Waals surface area contributed by atoms with Crippen molar-refractivity contribution in [2.24, 2.45) is 13.0 Å². The van der Waals surface area contributed by atoms with Gasteiger partial charge in [0.2, 0.25) is 11.9 Å². The second kappa shape index (κ2) is 8.13. The van der Waals surface area contributed by atoms with Crippen molar-refractivity contribution in [2.45, 2.75) is 44.6 Å². The number of carbonyl (C=O) groups excluding carboxylic acids is 1. The highest BCUT2D eigenvalue weighted by Crippen LogP contribution is 2.31. The quantitative estimate of drug-likeness (QED) is 0.499. The topological polar surface area (TPSA) is 105 Å². The molecular formula is C24H28N8O. The molecule has 1 saturated heterocycles. The molecule has 6 rings (SSSR count). The van der Waals surface area contributed by atoms with Crippen molar-refractivity contribution in [3.8, 4) is 11.1 Å². The highest BCUT2D eigenvalue weighted by molar-refractivity contribution is 5.95. The molecule has 3 aromatic heterocycles. The van der Waals surface area contributed by atoms with Gasteiger partial charge in [0.05, 0.1) is 5.52 Å². The fourth-order valence-corrected chi connectivity index (χ4v) is 5.28. The van der Waals surface area contributed by atoms with Crippen molar-refractivity contribution in [3.05, 3.63) is 30.6 Å². The number of nitrogens with one attached hydrogen (secondary N) is 2. The molecule has 9 nitrogen and oxygen atoms in total. The van der Waals surface area contributed by atoms with E-state index >= 15 is 0 Å². The highest BCUT2D eigenvalue weighted by Gasteiger charge is 2.30. The second-order valence-corrected chi connectivity index (χ2v) is 9.30. The first-order chi connectivity index (χ1) is 16.2. The third-order valence-electron chi connectivity index (χ3n) is 7.18. The molecule has 1 saturated carbocycles. The summed E-state index contributed by atoms with van der Waals surface area (Å²) in [7, 11) is 1.89. The van der Waals surface area contributed by atoms with Crippen molar-refractivity contribution in [1.82, 2.24) is 34.8 Å². The lowest BCUT2D eigenvalue weighted by atomic mass is 9.85. The van der Waals surface area contributed by atoms with Gasteiger partial charge in [0, 0.05) is 55.4 Å². The fraction of sp³-hybridized carbons (Fsp3) is 0.458. The number of H-pyrrole nitrogens is 1. The number of hydrogen-bond acceptors (Lipinski definition) is 6. The Labute approximate surface area is 191 Å². The van der Waals surface area contributed by atoms with Gasteiger partial charge in [-0.2, -0.15) is 4.98 Å². The van der Waals surface area contributed by atoms with Crippen LogP contribution in [0.1, 0.15) is 38.5 Å². The number of benzene rings is 1. The number of carbonyl (C=O) groups is 1. The average Bonchev–Trinajstić information content (AvgIpc) is 3.59. The van der Waals surface area contributed by atoms with Gasteiger partial charge in [-0.1, -0.05) is 11.3 Å². The normalized spacial score (nSPS) is 21.2. The fourth-order valence-electron chi connectivity index (χ4n) is 5.28. The maximum atomic E-state index is 12.7. The van der Waals surface area contributed by atoms with E-state index in [2.05, 4.69) is 36.6 Å². The van der Waals surface area contributed by atoms with E-state index in [0.29, 0.717) is 17.9 Å². The number of aromatic nitrogens is 6. The molecule has 0 radical (unpaired) electrons. The number of likely N-dealkylation sites (tertiary alicyclic amines) is 1. The van der Waals surface area contributed by atoms with Gasteiger partial charge >= 0.3 is 0 Å². The summed E-state index contributed by atoms with van der Waals surface area (Å²) in [5.74, 6) is 1.18. The number of anilines is 1. The third-order valence-corrected chi connectivity index (χ3v) is 7.18. The molecule has 0 bridgehead atoms. The van der Waals surface area contributed by atoms with Crippen LogP contribution in [0.4, 0.5) is 5.95 Å². The Bertz CT molecular complexity index is 1310. The maximum Gasteiger partial charge on any atom is 0.225 e. The Morgan fingerprint density at radius 1 is 1.15 bits per heavy atom. The molecule has 4 aromatic rings. The predicted octanol–water partition coefficient (Wildman–Crippen LogP) is 3.50. The molecule has 2 N–H and O–H groups in total. The summed E-state index contributed by atoms with van der Waals surface area (Å²) < 4.78 is 1.78. The lowest BCUT2D eigenvalue weighted by Gasteiger charge is -2.30. The van der Waals surface area contributed by atoms with Gasteiger partial charge in [-0.3, -0.25) is 4.79 Å². The summed E-state index contributed by atoms with van der Waals surface area (Å²) in [6, 6.07) is 6.43. The van der Waals surface area contributed by atoms with Crippen LogP contribution in [-0.4, -0.2) is 59.9 Å². The molecule has 1 aromatic carbocycles. The highest BCUT2D eigenvalue weighted by atomic mass is 16.2. The maximum absolute atomic E-state index is 12.7. The van der Waals surface area contributed by atoms with Crippen LogP contribution in [0.5, 0.6) is 0 Å². The van der Waals surface area contributed by atoms with E-state index in [0.717, 1.165) is 84.8 Å². The molecule has 4 heterocycles. The van der Waals surface area contributed by atoms with Gasteiger partial charge in [0.25, 0.3) is 0 Å². The Balaban J connectivity index is 1.15. The molecule has 2 fully saturated rings. The van der Waals surface area contributed by atoms with Crippen LogP contribution < -0.4 is 5.32 Å². The van der Waals surface area contributed by atoms with Crippen LogP contribution >= 0.6 is 0 Å². The van der Waals surface area contributed by atoms with Crippen molar-refractivity contribution >= 4 is 33.9 Å². The number of aromatic amines is 1. The zero-order chi connectivity index (χ0) is 22.4. The molecule has 0 unspecified atom stereocenters. The molecule has 33 heavy (non-hydrogen) atoms. The van der Waals surface area contributed by atoms with Gasteiger partial charge in [-0.05, 0) is 56.2 Å². The Hall–Kier alpha value is -3.49. The zero-order valence-electron chi connectivity index (χ0n) is 18.8. The van der Waals surface area contributed by atoms with Crippen molar-refractivity contribution in [1.29, 1.82) is 0 Å². The van der Waals surface area contributed by atoms with Crippen LogP contribution in [0.2, 0.25) is 0 Å². The Morgan fingerprint density at radius 2 is 1.97 bits per heavy atom. The SMILES string of the molecule is Cn1nnc2ccc(-c3c[nH]c4nc(N[C@H]5CC[C@@H](C(=O)N6CCCC6)CC5)ncc34)cc21. The molecule has 170 valence electrons. The number of hydrogen-bond donors (Lipinski definition) is 2. The Morgan fingerprint density at radius 3 is 2.79 bits per heavy atom.